The highest BCUT2D eigenvalue weighted by Gasteiger charge is 1.89. The maximum absolute atomic E-state index is 10.2. The fraction of sp³-hybridized carbons (Fsp3) is 0.0769. The summed E-state index contributed by atoms with van der Waals surface area (Å²) in [5, 5.41) is 15.8. The molecular weight excluding hydrogens is 220 g/mol. The van der Waals surface area contributed by atoms with Crippen molar-refractivity contribution in [1.29, 1.82) is 0 Å². The highest BCUT2D eigenvalue weighted by atomic mass is 16.4. The van der Waals surface area contributed by atoms with Crippen LogP contribution in [0.25, 0.3) is 12.2 Å². The van der Waals surface area contributed by atoms with Crippen molar-refractivity contribution in [3.05, 3.63) is 48.0 Å². The Labute approximate surface area is 99.5 Å². The molecule has 1 aromatic rings. The van der Waals surface area contributed by atoms with Crippen LogP contribution in [0.4, 0.5) is 0 Å². The molecule has 0 saturated carbocycles. The molecule has 0 spiro atoms. The second kappa shape index (κ2) is 7.87. The quantitative estimate of drug-likeness (QED) is 0.788. The molecule has 0 unspecified atom stereocenters. The predicted molar refractivity (Wildman–Crippen MR) is 66.5 cm³/mol. The zero-order valence-electron chi connectivity index (χ0n) is 9.46. The first-order valence-corrected chi connectivity index (χ1v) is 4.78. The van der Waals surface area contributed by atoms with Crippen LogP contribution in [-0.4, -0.2) is 22.2 Å². The number of hydrogen-bond acceptors (Lipinski definition) is 2. The molecule has 2 N–H and O–H groups in total. The van der Waals surface area contributed by atoms with E-state index in [4.69, 9.17) is 15.0 Å². The second-order valence-electron chi connectivity index (χ2n) is 3.06. The van der Waals surface area contributed by atoms with Crippen molar-refractivity contribution < 1.29 is 19.8 Å². The topological polar surface area (TPSA) is 74.6 Å². The molecular formula is C13H14O4. The molecule has 0 saturated heterocycles. The van der Waals surface area contributed by atoms with Crippen LogP contribution in [0.2, 0.25) is 0 Å². The van der Waals surface area contributed by atoms with Crippen molar-refractivity contribution in [2.24, 2.45) is 0 Å². The summed E-state index contributed by atoms with van der Waals surface area (Å²) in [5.74, 6) is -1.77. The fourth-order valence-corrected chi connectivity index (χ4v) is 0.911. The monoisotopic (exact) mass is 234 g/mol. The van der Waals surface area contributed by atoms with E-state index < -0.39 is 11.9 Å². The lowest BCUT2D eigenvalue weighted by atomic mass is 10.1. The standard InChI is InChI=1S/C11H10O2.C2H4O2/c1-2-9-3-5-10(6-4-9)7-8-11(12)13;1-2(3)4/h2-8H,1H2,(H,12,13);1H3,(H,3,4). The number of hydrogen-bond donors (Lipinski definition) is 2. The SMILES string of the molecule is C=Cc1ccc(C=CC(=O)O)cc1.CC(=O)O. The molecule has 0 fully saturated rings. The number of carboxylic acid groups (broad SMARTS) is 2. The molecule has 0 aliphatic heterocycles. The van der Waals surface area contributed by atoms with Gasteiger partial charge in [0.25, 0.3) is 5.97 Å². The van der Waals surface area contributed by atoms with E-state index in [2.05, 4.69) is 6.58 Å². The van der Waals surface area contributed by atoms with Gasteiger partial charge >= 0.3 is 5.97 Å². The summed E-state index contributed by atoms with van der Waals surface area (Å²) < 4.78 is 0. The number of aliphatic carboxylic acids is 2. The minimum Gasteiger partial charge on any atom is -0.481 e. The maximum Gasteiger partial charge on any atom is 0.328 e. The molecule has 0 atom stereocenters. The summed E-state index contributed by atoms with van der Waals surface area (Å²) >= 11 is 0. The van der Waals surface area contributed by atoms with Crippen LogP contribution in [0.1, 0.15) is 18.1 Å². The van der Waals surface area contributed by atoms with E-state index in [1.165, 1.54) is 0 Å². The molecule has 0 heterocycles. The van der Waals surface area contributed by atoms with Gasteiger partial charge in [-0.1, -0.05) is 36.9 Å². The number of carbonyl (C=O) groups is 2. The highest BCUT2D eigenvalue weighted by molar-refractivity contribution is 5.85. The predicted octanol–water partition coefficient (Wildman–Crippen LogP) is 2.52. The first-order valence-electron chi connectivity index (χ1n) is 4.78. The minimum atomic E-state index is -0.937. The van der Waals surface area contributed by atoms with Gasteiger partial charge in [-0.3, -0.25) is 4.79 Å². The second-order valence-corrected chi connectivity index (χ2v) is 3.06. The largest absolute Gasteiger partial charge is 0.481 e. The van der Waals surface area contributed by atoms with E-state index in [1.807, 2.05) is 24.3 Å². The summed E-state index contributed by atoms with van der Waals surface area (Å²) in [5.41, 5.74) is 1.89. The molecule has 0 radical (unpaired) electrons. The van der Waals surface area contributed by atoms with Crippen LogP contribution >= 0.6 is 0 Å². The van der Waals surface area contributed by atoms with Crippen LogP contribution in [0, 0.1) is 0 Å². The van der Waals surface area contributed by atoms with Gasteiger partial charge in [0.2, 0.25) is 0 Å². The van der Waals surface area contributed by atoms with E-state index >= 15 is 0 Å². The Balaban J connectivity index is 0.000000557. The van der Waals surface area contributed by atoms with Crippen molar-refractivity contribution in [3.8, 4) is 0 Å². The van der Waals surface area contributed by atoms with Gasteiger partial charge in [0.1, 0.15) is 0 Å². The molecule has 4 nitrogen and oxygen atoms in total. The number of benzene rings is 1. The molecule has 0 aliphatic rings. The Kier molecular flexibility index (Phi) is 6.78. The third kappa shape index (κ3) is 8.62. The average molecular weight is 234 g/mol. The Morgan fingerprint density at radius 1 is 1.12 bits per heavy atom. The van der Waals surface area contributed by atoms with Gasteiger partial charge in [-0.15, -0.1) is 0 Å². The molecule has 1 aromatic carbocycles. The van der Waals surface area contributed by atoms with E-state index in [0.717, 1.165) is 24.1 Å². The zero-order chi connectivity index (χ0) is 13.3. The lowest BCUT2D eigenvalue weighted by molar-refractivity contribution is -0.134. The van der Waals surface area contributed by atoms with Crippen molar-refractivity contribution in [3.63, 3.8) is 0 Å². The summed E-state index contributed by atoms with van der Waals surface area (Å²) in [6.45, 7) is 4.71. The Bertz CT molecular complexity index is 412. The van der Waals surface area contributed by atoms with Gasteiger partial charge in [0, 0.05) is 13.0 Å². The van der Waals surface area contributed by atoms with Gasteiger partial charge in [-0.2, -0.15) is 0 Å². The van der Waals surface area contributed by atoms with Crippen molar-refractivity contribution >= 4 is 24.1 Å². The third-order valence-corrected chi connectivity index (χ3v) is 1.59. The average Bonchev–Trinajstić information content (AvgIpc) is 2.26. The van der Waals surface area contributed by atoms with Crippen molar-refractivity contribution in [2.45, 2.75) is 6.92 Å². The number of carboxylic acids is 2. The summed E-state index contributed by atoms with van der Waals surface area (Å²) in [6, 6.07) is 7.45. The molecule has 17 heavy (non-hydrogen) atoms. The van der Waals surface area contributed by atoms with E-state index in [-0.39, 0.29) is 0 Å². The first-order chi connectivity index (χ1) is 7.95. The van der Waals surface area contributed by atoms with Gasteiger partial charge in [0.15, 0.2) is 0 Å². The summed E-state index contributed by atoms with van der Waals surface area (Å²) in [7, 11) is 0. The van der Waals surface area contributed by atoms with Gasteiger partial charge < -0.3 is 10.2 Å². The molecule has 90 valence electrons. The smallest absolute Gasteiger partial charge is 0.328 e. The molecule has 0 aliphatic carbocycles. The lowest BCUT2D eigenvalue weighted by Crippen LogP contribution is -1.85. The molecule has 4 heteroatoms. The Morgan fingerprint density at radius 2 is 1.53 bits per heavy atom. The van der Waals surface area contributed by atoms with Crippen LogP contribution in [0.5, 0.6) is 0 Å². The van der Waals surface area contributed by atoms with Gasteiger partial charge in [0.05, 0.1) is 0 Å². The summed E-state index contributed by atoms with van der Waals surface area (Å²) in [4.78, 5) is 19.2. The molecule has 0 aromatic heterocycles. The van der Waals surface area contributed by atoms with Gasteiger partial charge in [-0.05, 0) is 17.2 Å². The van der Waals surface area contributed by atoms with Crippen LogP contribution < -0.4 is 0 Å². The van der Waals surface area contributed by atoms with Crippen molar-refractivity contribution in [1.82, 2.24) is 0 Å². The zero-order valence-corrected chi connectivity index (χ0v) is 9.46. The highest BCUT2D eigenvalue weighted by Crippen LogP contribution is 2.06. The first kappa shape index (κ1) is 14.6. The Hall–Kier alpha value is -2.36. The van der Waals surface area contributed by atoms with Crippen molar-refractivity contribution in [2.75, 3.05) is 0 Å². The lowest BCUT2D eigenvalue weighted by Gasteiger charge is -1.93. The molecule has 0 bridgehead atoms. The van der Waals surface area contributed by atoms with E-state index in [9.17, 15) is 4.79 Å². The van der Waals surface area contributed by atoms with Crippen LogP contribution in [-0.2, 0) is 9.59 Å². The Morgan fingerprint density at radius 3 is 1.88 bits per heavy atom. The number of rotatable bonds is 3. The van der Waals surface area contributed by atoms with Gasteiger partial charge in [-0.25, -0.2) is 4.79 Å². The fourth-order valence-electron chi connectivity index (χ4n) is 0.911. The minimum absolute atomic E-state index is 0.833. The maximum atomic E-state index is 10.2. The molecule has 1 rings (SSSR count). The normalized spacial score (nSPS) is 9.24. The summed E-state index contributed by atoms with van der Waals surface area (Å²) in [6.07, 6.45) is 4.41. The molecule has 0 amide bonds. The van der Waals surface area contributed by atoms with E-state index in [1.54, 1.807) is 12.2 Å². The van der Waals surface area contributed by atoms with Crippen LogP contribution in [0.15, 0.2) is 36.9 Å². The van der Waals surface area contributed by atoms with E-state index in [0.29, 0.717) is 0 Å². The van der Waals surface area contributed by atoms with Crippen LogP contribution in [0.3, 0.4) is 0 Å². The third-order valence-electron chi connectivity index (χ3n) is 1.59.